The lowest BCUT2D eigenvalue weighted by atomic mass is 10.2. The summed E-state index contributed by atoms with van der Waals surface area (Å²) in [6.45, 7) is 4.26. The largest absolute Gasteiger partial charge is 0.359 e. The molecule has 17 heavy (non-hydrogen) atoms. The van der Waals surface area contributed by atoms with Crippen molar-refractivity contribution in [1.29, 1.82) is 0 Å². The number of hydrogen-bond donors (Lipinski definition) is 1. The number of unbranched alkanes of at least 4 members (excludes halogenated alkanes) is 1. The lowest BCUT2D eigenvalue weighted by Gasteiger charge is -2.21. The fraction of sp³-hybridized carbons (Fsp3) is 0.643. The Hall–Kier alpha value is -1.09. The lowest BCUT2D eigenvalue weighted by molar-refractivity contribution is 0.680. The Bertz CT molecular complexity index is 347. The maximum absolute atomic E-state index is 4.52. The monoisotopic (exact) mass is 233 g/mol. The van der Waals surface area contributed by atoms with Crippen LogP contribution in [0.4, 0.5) is 5.82 Å². The normalized spacial score (nSPS) is 14.9. The van der Waals surface area contributed by atoms with E-state index in [4.69, 9.17) is 0 Å². The number of rotatable bonds is 7. The SMILES string of the molecule is CCCCN(C)c1ncccc1CNC1CC1. The van der Waals surface area contributed by atoms with Gasteiger partial charge in [0.2, 0.25) is 0 Å². The summed E-state index contributed by atoms with van der Waals surface area (Å²) >= 11 is 0. The van der Waals surface area contributed by atoms with Gasteiger partial charge in [0, 0.05) is 37.9 Å². The second-order valence-corrected chi connectivity index (χ2v) is 4.92. The van der Waals surface area contributed by atoms with Gasteiger partial charge in [0.1, 0.15) is 5.82 Å². The molecule has 0 aliphatic heterocycles. The van der Waals surface area contributed by atoms with E-state index in [-0.39, 0.29) is 0 Å². The fourth-order valence-corrected chi connectivity index (χ4v) is 1.95. The van der Waals surface area contributed by atoms with Crippen LogP contribution in [-0.4, -0.2) is 24.6 Å². The van der Waals surface area contributed by atoms with Gasteiger partial charge in [-0.05, 0) is 25.3 Å². The van der Waals surface area contributed by atoms with Gasteiger partial charge in [-0.25, -0.2) is 4.98 Å². The molecule has 0 atom stereocenters. The van der Waals surface area contributed by atoms with Crippen molar-refractivity contribution in [3.8, 4) is 0 Å². The molecule has 0 amide bonds. The smallest absolute Gasteiger partial charge is 0.132 e. The van der Waals surface area contributed by atoms with Crippen LogP contribution in [0.5, 0.6) is 0 Å². The maximum atomic E-state index is 4.52. The van der Waals surface area contributed by atoms with Crippen molar-refractivity contribution >= 4 is 5.82 Å². The third kappa shape index (κ3) is 3.70. The topological polar surface area (TPSA) is 28.2 Å². The van der Waals surface area contributed by atoms with Crippen LogP contribution >= 0.6 is 0 Å². The van der Waals surface area contributed by atoms with E-state index in [1.165, 1.54) is 31.2 Å². The predicted octanol–water partition coefficient (Wildman–Crippen LogP) is 2.57. The van der Waals surface area contributed by atoms with Crippen molar-refractivity contribution in [3.05, 3.63) is 23.9 Å². The molecule has 1 heterocycles. The van der Waals surface area contributed by atoms with E-state index in [1.54, 1.807) is 0 Å². The molecule has 94 valence electrons. The zero-order chi connectivity index (χ0) is 12.1. The first-order valence-electron chi connectivity index (χ1n) is 6.69. The third-order valence-electron chi connectivity index (χ3n) is 3.23. The van der Waals surface area contributed by atoms with Crippen molar-refractivity contribution in [2.75, 3.05) is 18.5 Å². The average molecular weight is 233 g/mol. The van der Waals surface area contributed by atoms with E-state index < -0.39 is 0 Å². The zero-order valence-corrected chi connectivity index (χ0v) is 10.9. The Morgan fingerprint density at radius 2 is 2.29 bits per heavy atom. The quantitative estimate of drug-likeness (QED) is 0.784. The summed E-state index contributed by atoms with van der Waals surface area (Å²) in [4.78, 5) is 6.79. The van der Waals surface area contributed by atoms with Gasteiger partial charge < -0.3 is 10.2 Å². The van der Waals surface area contributed by atoms with Crippen LogP contribution in [0.2, 0.25) is 0 Å². The summed E-state index contributed by atoms with van der Waals surface area (Å²) < 4.78 is 0. The summed E-state index contributed by atoms with van der Waals surface area (Å²) in [5, 5.41) is 3.56. The van der Waals surface area contributed by atoms with E-state index in [0.717, 1.165) is 24.9 Å². The van der Waals surface area contributed by atoms with E-state index >= 15 is 0 Å². The summed E-state index contributed by atoms with van der Waals surface area (Å²) in [7, 11) is 2.14. The summed E-state index contributed by atoms with van der Waals surface area (Å²) in [6, 6.07) is 4.96. The average Bonchev–Trinajstić information content (AvgIpc) is 3.18. The second kappa shape index (κ2) is 6.01. The molecule has 3 nitrogen and oxygen atoms in total. The Kier molecular flexibility index (Phi) is 4.37. The molecule has 1 aromatic heterocycles. The van der Waals surface area contributed by atoms with Gasteiger partial charge in [0.05, 0.1) is 0 Å². The lowest BCUT2D eigenvalue weighted by Crippen LogP contribution is -2.23. The molecule has 0 radical (unpaired) electrons. The number of hydrogen-bond acceptors (Lipinski definition) is 3. The van der Waals surface area contributed by atoms with Crippen LogP contribution in [0.3, 0.4) is 0 Å². The number of aromatic nitrogens is 1. The molecule has 0 saturated heterocycles. The van der Waals surface area contributed by atoms with Crippen LogP contribution in [0.25, 0.3) is 0 Å². The Morgan fingerprint density at radius 1 is 1.47 bits per heavy atom. The molecular formula is C14H23N3. The first kappa shape index (κ1) is 12.4. The van der Waals surface area contributed by atoms with Crippen LogP contribution in [0.15, 0.2) is 18.3 Å². The molecule has 0 unspecified atom stereocenters. The van der Waals surface area contributed by atoms with Gasteiger partial charge in [-0.15, -0.1) is 0 Å². The highest BCUT2D eigenvalue weighted by molar-refractivity contribution is 5.45. The molecule has 3 heteroatoms. The first-order chi connectivity index (χ1) is 8.31. The minimum absolute atomic E-state index is 0.754. The van der Waals surface area contributed by atoms with Gasteiger partial charge in [-0.2, -0.15) is 0 Å². The van der Waals surface area contributed by atoms with Crippen LogP contribution in [0, 0.1) is 0 Å². The minimum Gasteiger partial charge on any atom is -0.359 e. The molecule has 0 spiro atoms. The fourth-order valence-electron chi connectivity index (χ4n) is 1.95. The zero-order valence-electron chi connectivity index (χ0n) is 10.9. The Balaban J connectivity index is 1.97. The van der Waals surface area contributed by atoms with Gasteiger partial charge in [0.15, 0.2) is 0 Å². The number of anilines is 1. The van der Waals surface area contributed by atoms with Crippen LogP contribution in [0.1, 0.15) is 38.2 Å². The molecule has 1 N–H and O–H groups in total. The molecule has 1 saturated carbocycles. The van der Waals surface area contributed by atoms with E-state index in [2.05, 4.69) is 35.2 Å². The predicted molar refractivity (Wildman–Crippen MR) is 72.3 cm³/mol. The van der Waals surface area contributed by atoms with Gasteiger partial charge in [-0.3, -0.25) is 0 Å². The summed E-state index contributed by atoms with van der Waals surface area (Å²) in [5.41, 5.74) is 1.32. The van der Waals surface area contributed by atoms with Gasteiger partial charge in [-0.1, -0.05) is 19.4 Å². The van der Waals surface area contributed by atoms with E-state index in [1.807, 2.05) is 12.3 Å². The highest BCUT2D eigenvalue weighted by atomic mass is 15.2. The molecule has 1 aliphatic rings. The summed E-state index contributed by atoms with van der Waals surface area (Å²) in [5.74, 6) is 1.13. The molecule has 1 fully saturated rings. The van der Waals surface area contributed by atoms with Gasteiger partial charge in [0.25, 0.3) is 0 Å². The molecule has 1 aliphatic carbocycles. The Morgan fingerprint density at radius 3 is 3.00 bits per heavy atom. The van der Waals surface area contributed by atoms with E-state index in [0.29, 0.717) is 0 Å². The van der Waals surface area contributed by atoms with E-state index in [9.17, 15) is 0 Å². The summed E-state index contributed by atoms with van der Waals surface area (Å²) in [6.07, 6.45) is 7.01. The van der Waals surface area contributed by atoms with Crippen LogP contribution < -0.4 is 10.2 Å². The molecule has 0 aromatic carbocycles. The van der Waals surface area contributed by atoms with Crippen molar-refractivity contribution < 1.29 is 0 Å². The number of pyridine rings is 1. The number of nitrogens with zero attached hydrogens (tertiary/aromatic N) is 2. The molecule has 1 aromatic rings. The van der Waals surface area contributed by atoms with Crippen molar-refractivity contribution in [2.24, 2.45) is 0 Å². The first-order valence-corrected chi connectivity index (χ1v) is 6.69. The van der Waals surface area contributed by atoms with Gasteiger partial charge >= 0.3 is 0 Å². The third-order valence-corrected chi connectivity index (χ3v) is 3.23. The number of nitrogens with one attached hydrogen (secondary N) is 1. The van der Waals surface area contributed by atoms with Crippen molar-refractivity contribution in [2.45, 2.75) is 45.2 Å². The molecular weight excluding hydrogens is 210 g/mol. The van der Waals surface area contributed by atoms with Crippen molar-refractivity contribution in [3.63, 3.8) is 0 Å². The highest BCUT2D eigenvalue weighted by Crippen LogP contribution is 2.21. The Labute approximate surface area is 104 Å². The van der Waals surface area contributed by atoms with Crippen LogP contribution in [-0.2, 0) is 6.54 Å². The molecule has 2 rings (SSSR count). The second-order valence-electron chi connectivity index (χ2n) is 4.92. The standard InChI is InChI=1S/C14H23N3/c1-3-4-10-17(2)14-12(6-5-9-15-14)11-16-13-7-8-13/h5-6,9,13,16H,3-4,7-8,10-11H2,1-2H3. The minimum atomic E-state index is 0.754. The molecule has 0 bridgehead atoms. The highest BCUT2D eigenvalue weighted by Gasteiger charge is 2.20. The maximum Gasteiger partial charge on any atom is 0.132 e. The van der Waals surface area contributed by atoms with Crippen molar-refractivity contribution in [1.82, 2.24) is 10.3 Å².